The normalized spacial score (nSPS) is 12.3. The topological polar surface area (TPSA) is 64.3 Å². The third-order valence-electron chi connectivity index (χ3n) is 2.29. The van der Waals surface area contributed by atoms with Gasteiger partial charge in [0.2, 0.25) is 5.91 Å². The second-order valence-corrected chi connectivity index (χ2v) is 3.59. The van der Waals surface area contributed by atoms with Gasteiger partial charge < -0.3 is 15.8 Å². The second kappa shape index (κ2) is 6.36. The van der Waals surface area contributed by atoms with Crippen molar-refractivity contribution in [1.29, 1.82) is 0 Å². The first-order chi connectivity index (χ1) is 8.47. The van der Waals surface area contributed by atoms with Crippen LogP contribution >= 0.6 is 0 Å². The van der Waals surface area contributed by atoms with Crippen molar-refractivity contribution in [3.63, 3.8) is 0 Å². The van der Waals surface area contributed by atoms with E-state index in [0.717, 1.165) is 0 Å². The van der Waals surface area contributed by atoms with Gasteiger partial charge in [-0.1, -0.05) is 0 Å². The number of carbonyl (C=O) groups excluding carboxylic acids is 1. The third-order valence-corrected chi connectivity index (χ3v) is 2.29. The van der Waals surface area contributed by atoms with E-state index in [4.69, 9.17) is 10.5 Å². The summed E-state index contributed by atoms with van der Waals surface area (Å²) in [7, 11) is 1.38. The number of amides is 1. The Hall–Kier alpha value is -1.60. The van der Waals surface area contributed by atoms with Crippen LogP contribution in [0.2, 0.25) is 0 Å². The van der Waals surface area contributed by atoms with E-state index in [-0.39, 0.29) is 13.0 Å². The minimum absolute atomic E-state index is 0.106. The Labute approximate surface area is 102 Å². The SMILES string of the molecule is COC(CN)CC(=O)Nc1cc(F)c(F)cc1F. The molecule has 0 aliphatic carbocycles. The molecule has 0 saturated carbocycles. The molecule has 0 radical (unpaired) electrons. The third kappa shape index (κ3) is 3.71. The molecule has 0 fully saturated rings. The lowest BCUT2D eigenvalue weighted by Gasteiger charge is -2.13. The number of hydrogen-bond acceptors (Lipinski definition) is 3. The second-order valence-electron chi connectivity index (χ2n) is 3.59. The zero-order valence-corrected chi connectivity index (χ0v) is 9.67. The van der Waals surface area contributed by atoms with Crippen molar-refractivity contribution in [2.45, 2.75) is 12.5 Å². The van der Waals surface area contributed by atoms with Crippen molar-refractivity contribution in [2.75, 3.05) is 19.0 Å². The van der Waals surface area contributed by atoms with E-state index in [0.29, 0.717) is 12.1 Å². The number of hydrogen-bond donors (Lipinski definition) is 2. The van der Waals surface area contributed by atoms with Crippen molar-refractivity contribution in [1.82, 2.24) is 0 Å². The molecule has 1 unspecified atom stereocenters. The molecule has 0 heterocycles. The van der Waals surface area contributed by atoms with Crippen molar-refractivity contribution < 1.29 is 22.7 Å². The smallest absolute Gasteiger partial charge is 0.227 e. The number of halogens is 3. The molecule has 1 aromatic rings. The molecule has 4 nitrogen and oxygen atoms in total. The van der Waals surface area contributed by atoms with Crippen LogP contribution in [0, 0.1) is 17.5 Å². The van der Waals surface area contributed by atoms with Crippen LogP contribution in [0.15, 0.2) is 12.1 Å². The number of methoxy groups -OCH3 is 1. The van der Waals surface area contributed by atoms with Crippen molar-refractivity contribution in [3.05, 3.63) is 29.6 Å². The lowest BCUT2D eigenvalue weighted by Crippen LogP contribution is -2.28. The molecule has 18 heavy (non-hydrogen) atoms. The van der Waals surface area contributed by atoms with Gasteiger partial charge in [0.1, 0.15) is 5.82 Å². The maximum Gasteiger partial charge on any atom is 0.227 e. The van der Waals surface area contributed by atoms with E-state index >= 15 is 0 Å². The molecule has 0 aromatic heterocycles. The summed E-state index contributed by atoms with van der Waals surface area (Å²) < 4.78 is 43.6. The highest BCUT2D eigenvalue weighted by atomic mass is 19.2. The highest BCUT2D eigenvalue weighted by molar-refractivity contribution is 5.91. The number of nitrogens with one attached hydrogen (secondary N) is 1. The van der Waals surface area contributed by atoms with Gasteiger partial charge in [-0.2, -0.15) is 0 Å². The largest absolute Gasteiger partial charge is 0.380 e. The average molecular weight is 262 g/mol. The summed E-state index contributed by atoms with van der Waals surface area (Å²) in [5.41, 5.74) is 4.88. The van der Waals surface area contributed by atoms with E-state index in [1.165, 1.54) is 7.11 Å². The summed E-state index contributed by atoms with van der Waals surface area (Å²) in [6.07, 6.45) is -0.621. The molecule has 1 amide bonds. The molecular formula is C11H13F3N2O2. The standard InChI is InChI=1S/C11H13F3N2O2/c1-18-6(5-15)2-11(17)16-10-4-8(13)7(12)3-9(10)14/h3-4,6H,2,5,15H2,1H3,(H,16,17). The highest BCUT2D eigenvalue weighted by Gasteiger charge is 2.15. The predicted molar refractivity (Wildman–Crippen MR) is 59.4 cm³/mol. The molecule has 7 heteroatoms. The fourth-order valence-corrected chi connectivity index (χ4v) is 1.29. The van der Waals surface area contributed by atoms with Crippen LogP contribution < -0.4 is 11.1 Å². The van der Waals surface area contributed by atoms with Crippen LogP contribution in [0.3, 0.4) is 0 Å². The van der Waals surface area contributed by atoms with Gasteiger partial charge >= 0.3 is 0 Å². The van der Waals surface area contributed by atoms with Crippen LogP contribution in [-0.2, 0) is 9.53 Å². The van der Waals surface area contributed by atoms with Gasteiger partial charge in [-0.05, 0) is 0 Å². The van der Waals surface area contributed by atoms with Gasteiger partial charge in [0, 0.05) is 25.8 Å². The first-order valence-corrected chi connectivity index (χ1v) is 5.15. The first kappa shape index (κ1) is 14.5. The van der Waals surface area contributed by atoms with Crippen molar-refractivity contribution >= 4 is 11.6 Å². The number of nitrogens with two attached hydrogens (primary N) is 1. The Kier molecular flexibility index (Phi) is 5.11. The minimum atomic E-state index is -1.32. The fraction of sp³-hybridized carbons (Fsp3) is 0.364. The summed E-state index contributed by atoms with van der Waals surface area (Å²) in [6.45, 7) is 0.115. The van der Waals surface area contributed by atoms with Crippen LogP contribution in [0.1, 0.15) is 6.42 Å². The van der Waals surface area contributed by atoms with Gasteiger partial charge in [-0.15, -0.1) is 0 Å². The number of carbonyl (C=O) groups is 1. The van der Waals surface area contributed by atoms with Gasteiger partial charge in [0.05, 0.1) is 18.2 Å². The van der Waals surface area contributed by atoms with Gasteiger partial charge in [0.15, 0.2) is 11.6 Å². The van der Waals surface area contributed by atoms with E-state index in [9.17, 15) is 18.0 Å². The Balaban J connectivity index is 2.73. The van der Waals surface area contributed by atoms with Crippen molar-refractivity contribution in [2.24, 2.45) is 5.73 Å². The number of ether oxygens (including phenoxy) is 1. The van der Waals surface area contributed by atoms with E-state index in [2.05, 4.69) is 5.32 Å². The van der Waals surface area contributed by atoms with Gasteiger partial charge in [-0.25, -0.2) is 13.2 Å². The van der Waals surface area contributed by atoms with E-state index in [1.54, 1.807) is 0 Å². The zero-order valence-electron chi connectivity index (χ0n) is 9.67. The Morgan fingerprint density at radius 3 is 2.50 bits per heavy atom. The molecule has 1 atom stereocenters. The molecule has 0 spiro atoms. The molecular weight excluding hydrogens is 249 g/mol. The maximum atomic E-state index is 13.2. The van der Waals surface area contributed by atoms with Crippen LogP contribution in [0.4, 0.5) is 18.9 Å². The first-order valence-electron chi connectivity index (χ1n) is 5.15. The summed E-state index contributed by atoms with van der Waals surface area (Å²) in [4.78, 5) is 11.5. The van der Waals surface area contributed by atoms with Crippen LogP contribution in [0.5, 0.6) is 0 Å². The number of benzene rings is 1. The quantitative estimate of drug-likeness (QED) is 0.788. The monoisotopic (exact) mass is 262 g/mol. The summed E-state index contributed by atoms with van der Waals surface area (Å²) in [5, 5.41) is 2.12. The fourth-order valence-electron chi connectivity index (χ4n) is 1.29. The Morgan fingerprint density at radius 1 is 1.33 bits per heavy atom. The Morgan fingerprint density at radius 2 is 1.94 bits per heavy atom. The van der Waals surface area contributed by atoms with Gasteiger partial charge in [-0.3, -0.25) is 4.79 Å². The number of anilines is 1. The Bertz CT molecular complexity index is 437. The molecule has 3 N–H and O–H groups in total. The van der Waals surface area contributed by atoms with Gasteiger partial charge in [0.25, 0.3) is 0 Å². The zero-order chi connectivity index (χ0) is 13.7. The van der Waals surface area contributed by atoms with E-state index in [1.807, 2.05) is 0 Å². The predicted octanol–water partition coefficient (Wildman–Crippen LogP) is 1.41. The molecule has 0 bridgehead atoms. The summed E-state index contributed by atoms with van der Waals surface area (Å²) in [5.74, 6) is -4.21. The van der Waals surface area contributed by atoms with Crippen LogP contribution in [-0.4, -0.2) is 25.7 Å². The lowest BCUT2D eigenvalue weighted by molar-refractivity contribution is -0.118. The van der Waals surface area contributed by atoms with Crippen molar-refractivity contribution in [3.8, 4) is 0 Å². The summed E-state index contributed by atoms with van der Waals surface area (Å²) in [6, 6.07) is 0.939. The molecule has 1 aromatic carbocycles. The summed E-state index contributed by atoms with van der Waals surface area (Å²) >= 11 is 0. The van der Waals surface area contributed by atoms with Crippen LogP contribution in [0.25, 0.3) is 0 Å². The molecule has 1 rings (SSSR count). The molecule has 0 aliphatic rings. The number of rotatable bonds is 5. The molecule has 100 valence electrons. The highest BCUT2D eigenvalue weighted by Crippen LogP contribution is 2.18. The molecule has 0 aliphatic heterocycles. The maximum absolute atomic E-state index is 13.2. The lowest BCUT2D eigenvalue weighted by atomic mass is 10.2. The minimum Gasteiger partial charge on any atom is -0.380 e. The average Bonchev–Trinajstić information content (AvgIpc) is 2.33. The van der Waals surface area contributed by atoms with E-state index < -0.39 is 35.2 Å². The molecule has 0 saturated heterocycles.